The Morgan fingerprint density at radius 3 is 2.04 bits per heavy atom. The van der Waals surface area contributed by atoms with Crippen molar-refractivity contribution in [2.45, 2.75) is 19.3 Å². The fourth-order valence-electron chi connectivity index (χ4n) is 3.39. The van der Waals surface area contributed by atoms with E-state index >= 15 is 0 Å². The van der Waals surface area contributed by atoms with Crippen LogP contribution in [0.1, 0.15) is 39.4 Å². The third-order valence-corrected chi connectivity index (χ3v) is 4.87. The Bertz CT molecular complexity index is 917. The van der Waals surface area contributed by atoms with E-state index in [1.54, 1.807) is 13.0 Å². The lowest BCUT2D eigenvalue weighted by Crippen LogP contribution is -2.26. The number of rotatable bonds is 7. The molecule has 0 aliphatic rings. The first kappa shape index (κ1) is 19.3. The molecule has 28 heavy (non-hydrogen) atoms. The molecule has 5 heteroatoms. The first-order valence-corrected chi connectivity index (χ1v) is 9.20. The van der Waals surface area contributed by atoms with Crippen molar-refractivity contribution < 1.29 is 9.72 Å². The van der Waals surface area contributed by atoms with E-state index in [0.717, 1.165) is 6.42 Å². The van der Waals surface area contributed by atoms with Gasteiger partial charge in [-0.2, -0.15) is 0 Å². The molecule has 1 N–H and O–H groups in total. The van der Waals surface area contributed by atoms with Crippen LogP contribution in [-0.4, -0.2) is 17.4 Å². The van der Waals surface area contributed by atoms with Crippen LogP contribution in [0.25, 0.3) is 0 Å². The number of benzene rings is 3. The van der Waals surface area contributed by atoms with Crippen LogP contribution in [0.5, 0.6) is 0 Å². The molecule has 0 spiro atoms. The van der Waals surface area contributed by atoms with Crippen LogP contribution < -0.4 is 5.32 Å². The summed E-state index contributed by atoms with van der Waals surface area (Å²) < 4.78 is 0. The number of amides is 1. The lowest BCUT2D eigenvalue weighted by atomic mass is 9.88. The van der Waals surface area contributed by atoms with Gasteiger partial charge in [0.1, 0.15) is 0 Å². The Kier molecular flexibility index (Phi) is 6.17. The van der Waals surface area contributed by atoms with Gasteiger partial charge in [-0.15, -0.1) is 0 Å². The number of nitrogens with zero attached hydrogens (tertiary/aromatic N) is 1. The van der Waals surface area contributed by atoms with Crippen LogP contribution >= 0.6 is 0 Å². The van der Waals surface area contributed by atoms with E-state index < -0.39 is 4.92 Å². The number of nitro groups is 1. The maximum Gasteiger partial charge on any atom is 0.273 e. The van der Waals surface area contributed by atoms with Gasteiger partial charge in [-0.05, 0) is 30.5 Å². The summed E-state index contributed by atoms with van der Waals surface area (Å²) in [5.74, 6) is -0.130. The molecular formula is C23H22N2O3. The first-order chi connectivity index (χ1) is 13.6. The maximum atomic E-state index is 12.6. The molecule has 0 fully saturated rings. The summed E-state index contributed by atoms with van der Waals surface area (Å²) in [4.78, 5) is 23.2. The largest absolute Gasteiger partial charge is 0.352 e. The molecule has 0 heterocycles. The van der Waals surface area contributed by atoms with E-state index in [1.807, 2.05) is 36.4 Å². The molecule has 0 unspecified atom stereocenters. The van der Waals surface area contributed by atoms with Gasteiger partial charge in [-0.25, -0.2) is 0 Å². The van der Waals surface area contributed by atoms with Gasteiger partial charge in [0.05, 0.1) is 4.92 Å². The number of nitrogens with one attached hydrogen (secondary N) is 1. The van der Waals surface area contributed by atoms with Gasteiger partial charge in [-0.3, -0.25) is 14.9 Å². The monoisotopic (exact) mass is 374 g/mol. The lowest BCUT2D eigenvalue weighted by molar-refractivity contribution is -0.385. The van der Waals surface area contributed by atoms with Crippen LogP contribution in [0.15, 0.2) is 78.9 Å². The molecular weight excluding hydrogens is 352 g/mol. The molecule has 5 nitrogen and oxygen atoms in total. The second kappa shape index (κ2) is 8.95. The molecule has 0 atom stereocenters. The minimum Gasteiger partial charge on any atom is -0.352 e. The summed E-state index contributed by atoms with van der Waals surface area (Å²) in [6, 6.07) is 24.9. The molecule has 0 radical (unpaired) electrons. The van der Waals surface area contributed by atoms with Crippen LogP contribution in [0.2, 0.25) is 0 Å². The molecule has 0 saturated heterocycles. The summed E-state index contributed by atoms with van der Waals surface area (Å²) in [6.45, 7) is 2.07. The Balaban J connectivity index is 1.72. The molecule has 0 aliphatic heterocycles. The van der Waals surface area contributed by atoms with Gasteiger partial charge in [-0.1, -0.05) is 66.7 Å². The van der Waals surface area contributed by atoms with Crippen molar-refractivity contribution >= 4 is 11.6 Å². The second-order valence-electron chi connectivity index (χ2n) is 6.63. The normalized spacial score (nSPS) is 10.6. The molecule has 1 amide bonds. The van der Waals surface area contributed by atoms with Crippen molar-refractivity contribution in [3.8, 4) is 0 Å². The number of hydrogen-bond acceptors (Lipinski definition) is 3. The Morgan fingerprint density at radius 1 is 0.929 bits per heavy atom. The van der Waals surface area contributed by atoms with Crippen molar-refractivity contribution in [3.05, 3.63) is 111 Å². The van der Waals surface area contributed by atoms with Gasteiger partial charge < -0.3 is 5.32 Å². The number of nitro benzene ring substituents is 1. The first-order valence-electron chi connectivity index (χ1n) is 9.20. The summed E-state index contributed by atoms with van der Waals surface area (Å²) in [5.41, 5.74) is 3.06. The molecule has 3 aromatic carbocycles. The van der Waals surface area contributed by atoms with Crippen molar-refractivity contribution in [2.75, 3.05) is 6.54 Å². The van der Waals surface area contributed by atoms with Gasteiger partial charge in [0, 0.05) is 29.7 Å². The lowest BCUT2D eigenvalue weighted by Gasteiger charge is -2.18. The SMILES string of the molecule is Cc1c(C(=O)NCCC(c2ccccc2)c2ccccc2)cccc1[N+](=O)[O-]. The number of carbonyl (C=O) groups is 1. The molecule has 0 bridgehead atoms. The minimum absolute atomic E-state index is 0.0425. The van der Waals surface area contributed by atoms with Crippen LogP contribution in [0.4, 0.5) is 5.69 Å². The molecule has 0 aliphatic carbocycles. The van der Waals surface area contributed by atoms with Crippen molar-refractivity contribution in [2.24, 2.45) is 0 Å². The standard InChI is InChI=1S/C23H22N2O3/c1-17-20(13-8-14-22(17)25(27)28)23(26)24-16-15-21(18-9-4-2-5-10-18)19-11-6-3-7-12-19/h2-14,21H,15-16H2,1H3,(H,24,26). The van der Waals surface area contributed by atoms with E-state index in [2.05, 4.69) is 29.6 Å². The molecule has 0 aromatic heterocycles. The molecule has 3 rings (SSSR count). The fourth-order valence-corrected chi connectivity index (χ4v) is 3.39. The highest BCUT2D eigenvalue weighted by Gasteiger charge is 2.19. The van der Waals surface area contributed by atoms with Gasteiger partial charge in [0.2, 0.25) is 0 Å². The van der Waals surface area contributed by atoms with E-state index in [1.165, 1.54) is 23.3 Å². The summed E-state index contributed by atoms with van der Waals surface area (Å²) in [7, 11) is 0. The van der Waals surface area contributed by atoms with Crippen molar-refractivity contribution in [1.82, 2.24) is 5.32 Å². The topological polar surface area (TPSA) is 72.2 Å². The van der Waals surface area contributed by atoms with Gasteiger partial charge in [0.25, 0.3) is 11.6 Å². The van der Waals surface area contributed by atoms with Crippen LogP contribution in [0, 0.1) is 17.0 Å². The van der Waals surface area contributed by atoms with Crippen LogP contribution in [-0.2, 0) is 0 Å². The zero-order chi connectivity index (χ0) is 19.9. The molecule has 3 aromatic rings. The predicted octanol–water partition coefficient (Wildman–Crippen LogP) is 4.86. The zero-order valence-corrected chi connectivity index (χ0v) is 15.7. The van der Waals surface area contributed by atoms with Crippen molar-refractivity contribution in [1.29, 1.82) is 0 Å². The summed E-state index contributed by atoms with van der Waals surface area (Å²) >= 11 is 0. The highest BCUT2D eigenvalue weighted by atomic mass is 16.6. The fraction of sp³-hybridized carbons (Fsp3) is 0.174. The van der Waals surface area contributed by atoms with Crippen LogP contribution in [0.3, 0.4) is 0 Å². The van der Waals surface area contributed by atoms with E-state index in [9.17, 15) is 14.9 Å². The second-order valence-corrected chi connectivity index (χ2v) is 6.63. The third kappa shape index (κ3) is 4.43. The Labute approximate surface area is 164 Å². The van der Waals surface area contributed by atoms with E-state index in [0.29, 0.717) is 17.7 Å². The van der Waals surface area contributed by atoms with Gasteiger partial charge >= 0.3 is 0 Å². The number of hydrogen-bond donors (Lipinski definition) is 1. The van der Waals surface area contributed by atoms with E-state index in [4.69, 9.17) is 0 Å². The van der Waals surface area contributed by atoms with E-state index in [-0.39, 0.29) is 17.5 Å². The zero-order valence-electron chi connectivity index (χ0n) is 15.7. The smallest absolute Gasteiger partial charge is 0.273 e. The Hall–Kier alpha value is -3.47. The minimum atomic E-state index is -0.465. The van der Waals surface area contributed by atoms with Crippen molar-refractivity contribution in [3.63, 3.8) is 0 Å². The average Bonchev–Trinajstić information content (AvgIpc) is 2.72. The van der Waals surface area contributed by atoms with Gasteiger partial charge in [0.15, 0.2) is 0 Å². The number of carbonyl (C=O) groups excluding carboxylic acids is 1. The average molecular weight is 374 g/mol. The molecule has 0 saturated carbocycles. The maximum absolute atomic E-state index is 12.6. The molecule has 142 valence electrons. The summed E-state index contributed by atoms with van der Waals surface area (Å²) in [6.07, 6.45) is 0.730. The highest BCUT2D eigenvalue weighted by Crippen LogP contribution is 2.27. The quantitative estimate of drug-likeness (QED) is 0.474. The predicted molar refractivity (Wildman–Crippen MR) is 110 cm³/mol. The third-order valence-electron chi connectivity index (χ3n) is 4.87. The summed E-state index contributed by atoms with van der Waals surface area (Å²) in [5, 5.41) is 14.0. The highest BCUT2D eigenvalue weighted by molar-refractivity contribution is 5.96. The Morgan fingerprint density at radius 2 is 1.50 bits per heavy atom.